The summed E-state index contributed by atoms with van der Waals surface area (Å²) in [7, 11) is 0. The summed E-state index contributed by atoms with van der Waals surface area (Å²) in [5.74, 6) is 2.15. The molecule has 1 heteroatoms. The van der Waals surface area contributed by atoms with Gasteiger partial charge in [-0.1, -0.05) is 50.5 Å². The molecule has 0 spiro atoms. The zero-order valence-electron chi connectivity index (χ0n) is 11.5. The SMILES string of the molecule is C#Cc1c(F)ccc2cc(C)cc(CC)c12.CC. The van der Waals surface area contributed by atoms with E-state index in [0.29, 0.717) is 5.56 Å². The minimum Gasteiger partial charge on any atom is -0.206 e. The third-order valence-electron chi connectivity index (χ3n) is 2.82. The molecule has 0 aromatic heterocycles. The standard InChI is InChI=1S/C15H13F.C2H6/c1-4-11-8-10(3)9-12-6-7-14(16)13(5-2)15(11)12;1-2/h2,6-9H,4H2,1,3H3;1-2H3. The van der Waals surface area contributed by atoms with Crippen molar-refractivity contribution < 1.29 is 4.39 Å². The molecule has 2 rings (SSSR count). The molecule has 2 aromatic carbocycles. The third-order valence-corrected chi connectivity index (χ3v) is 2.82. The lowest BCUT2D eigenvalue weighted by molar-refractivity contribution is 0.626. The summed E-state index contributed by atoms with van der Waals surface area (Å²) in [4.78, 5) is 0. The van der Waals surface area contributed by atoms with Gasteiger partial charge in [0.25, 0.3) is 0 Å². The van der Waals surface area contributed by atoms with Crippen molar-refractivity contribution >= 4 is 10.8 Å². The highest BCUT2D eigenvalue weighted by Gasteiger charge is 2.09. The first-order valence-corrected chi connectivity index (χ1v) is 6.35. The molecule has 0 atom stereocenters. The highest BCUT2D eigenvalue weighted by molar-refractivity contribution is 5.91. The van der Waals surface area contributed by atoms with Gasteiger partial charge >= 0.3 is 0 Å². The number of hydrogen-bond donors (Lipinski definition) is 0. The zero-order chi connectivity index (χ0) is 13.7. The zero-order valence-corrected chi connectivity index (χ0v) is 11.5. The van der Waals surface area contributed by atoms with Crippen LogP contribution >= 0.6 is 0 Å². The monoisotopic (exact) mass is 242 g/mol. The first kappa shape index (κ1) is 14.3. The summed E-state index contributed by atoms with van der Waals surface area (Å²) in [5.41, 5.74) is 2.68. The Kier molecular flexibility index (Phi) is 4.92. The van der Waals surface area contributed by atoms with E-state index in [1.165, 1.54) is 11.6 Å². The molecule has 0 N–H and O–H groups in total. The maximum Gasteiger partial charge on any atom is 0.139 e. The molecule has 0 heterocycles. The van der Waals surface area contributed by atoms with Gasteiger partial charge in [0.15, 0.2) is 0 Å². The van der Waals surface area contributed by atoms with E-state index in [9.17, 15) is 4.39 Å². The van der Waals surface area contributed by atoms with Crippen LogP contribution in [0.2, 0.25) is 0 Å². The van der Waals surface area contributed by atoms with Crippen LogP contribution in [0.3, 0.4) is 0 Å². The second kappa shape index (κ2) is 6.21. The Labute approximate surface area is 109 Å². The first-order valence-electron chi connectivity index (χ1n) is 6.35. The van der Waals surface area contributed by atoms with Crippen molar-refractivity contribution in [3.8, 4) is 12.3 Å². The van der Waals surface area contributed by atoms with Crippen LogP contribution in [-0.4, -0.2) is 0 Å². The molecule has 0 aliphatic rings. The number of terminal acetylenes is 1. The van der Waals surface area contributed by atoms with Crippen molar-refractivity contribution in [2.45, 2.75) is 34.1 Å². The van der Waals surface area contributed by atoms with Gasteiger partial charge < -0.3 is 0 Å². The van der Waals surface area contributed by atoms with E-state index in [4.69, 9.17) is 6.42 Å². The number of hydrogen-bond acceptors (Lipinski definition) is 0. The Morgan fingerprint density at radius 1 is 1.22 bits per heavy atom. The van der Waals surface area contributed by atoms with Gasteiger partial charge in [-0.05, 0) is 30.4 Å². The summed E-state index contributed by atoms with van der Waals surface area (Å²) >= 11 is 0. The van der Waals surface area contributed by atoms with Gasteiger partial charge in [-0.15, -0.1) is 6.42 Å². The summed E-state index contributed by atoms with van der Waals surface area (Å²) in [5, 5.41) is 1.90. The molecular weight excluding hydrogens is 223 g/mol. The molecule has 2 aromatic rings. The number of halogens is 1. The van der Waals surface area contributed by atoms with Crippen LogP contribution in [0.25, 0.3) is 10.8 Å². The van der Waals surface area contributed by atoms with Crippen molar-refractivity contribution in [1.29, 1.82) is 0 Å². The van der Waals surface area contributed by atoms with Crippen molar-refractivity contribution in [2.24, 2.45) is 0 Å². The lowest BCUT2D eigenvalue weighted by Crippen LogP contribution is -1.92. The van der Waals surface area contributed by atoms with E-state index in [0.717, 1.165) is 22.8 Å². The second-order valence-electron chi connectivity index (χ2n) is 3.94. The molecule has 18 heavy (non-hydrogen) atoms. The van der Waals surface area contributed by atoms with Gasteiger partial charge in [-0.25, -0.2) is 4.39 Å². The Morgan fingerprint density at radius 2 is 1.89 bits per heavy atom. The Balaban J connectivity index is 0.000000771. The van der Waals surface area contributed by atoms with Gasteiger partial charge in [0, 0.05) is 5.39 Å². The molecule has 0 aliphatic carbocycles. The van der Waals surface area contributed by atoms with E-state index in [1.54, 1.807) is 6.07 Å². The van der Waals surface area contributed by atoms with Gasteiger partial charge in [0.05, 0.1) is 5.56 Å². The predicted octanol–water partition coefficient (Wildman–Crippen LogP) is 4.86. The number of benzene rings is 2. The average Bonchev–Trinajstić information content (AvgIpc) is 2.40. The van der Waals surface area contributed by atoms with Crippen molar-refractivity contribution in [3.05, 3.63) is 46.8 Å². The maximum atomic E-state index is 13.6. The average molecular weight is 242 g/mol. The first-order chi connectivity index (χ1) is 8.67. The fourth-order valence-electron chi connectivity index (χ4n) is 2.11. The third kappa shape index (κ3) is 2.54. The predicted molar refractivity (Wildman–Crippen MR) is 77.3 cm³/mol. The molecule has 0 saturated heterocycles. The quantitative estimate of drug-likeness (QED) is 0.627. The molecule has 0 amide bonds. The van der Waals surface area contributed by atoms with Crippen LogP contribution in [0.5, 0.6) is 0 Å². The fraction of sp³-hybridized carbons (Fsp3) is 0.294. The lowest BCUT2D eigenvalue weighted by Gasteiger charge is -2.09. The van der Waals surface area contributed by atoms with Crippen molar-refractivity contribution in [2.75, 3.05) is 0 Å². The number of aryl methyl sites for hydroxylation is 2. The van der Waals surface area contributed by atoms with E-state index < -0.39 is 0 Å². The van der Waals surface area contributed by atoms with E-state index >= 15 is 0 Å². The van der Waals surface area contributed by atoms with Crippen LogP contribution in [0.1, 0.15) is 37.5 Å². The molecular formula is C17H19F. The topological polar surface area (TPSA) is 0 Å². The molecule has 0 fully saturated rings. The molecule has 0 saturated carbocycles. The Bertz CT molecular complexity index is 589. The van der Waals surface area contributed by atoms with Gasteiger partial charge in [-0.3, -0.25) is 0 Å². The lowest BCUT2D eigenvalue weighted by atomic mass is 9.95. The summed E-state index contributed by atoms with van der Waals surface area (Å²) in [6.45, 7) is 8.09. The number of rotatable bonds is 1. The van der Waals surface area contributed by atoms with Gasteiger partial charge in [0.1, 0.15) is 5.82 Å². The van der Waals surface area contributed by atoms with Crippen molar-refractivity contribution in [1.82, 2.24) is 0 Å². The molecule has 0 aliphatic heterocycles. The van der Waals surface area contributed by atoms with Crippen LogP contribution in [-0.2, 0) is 6.42 Å². The van der Waals surface area contributed by atoms with E-state index in [-0.39, 0.29) is 5.82 Å². The van der Waals surface area contributed by atoms with E-state index in [2.05, 4.69) is 18.9 Å². The highest BCUT2D eigenvalue weighted by atomic mass is 19.1. The molecule has 0 radical (unpaired) electrons. The van der Waals surface area contributed by atoms with Crippen molar-refractivity contribution in [3.63, 3.8) is 0 Å². The normalized spacial score (nSPS) is 9.56. The van der Waals surface area contributed by atoms with E-state index in [1.807, 2.05) is 26.8 Å². The smallest absolute Gasteiger partial charge is 0.139 e. The van der Waals surface area contributed by atoms with Crippen LogP contribution in [0, 0.1) is 25.1 Å². The molecule has 94 valence electrons. The Hall–Kier alpha value is -1.81. The minimum atomic E-state index is -0.312. The van der Waals surface area contributed by atoms with Crippen LogP contribution < -0.4 is 0 Å². The number of fused-ring (bicyclic) bond motifs is 1. The summed E-state index contributed by atoms with van der Waals surface area (Å²) in [6, 6.07) is 7.34. The fourth-order valence-corrected chi connectivity index (χ4v) is 2.11. The molecule has 0 bridgehead atoms. The minimum absolute atomic E-state index is 0.312. The molecule has 0 unspecified atom stereocenters. The second-order valence-corrected chi connectivity index (χ2v) is 3.94. The van der Waals surface area contributed by atoms with Crippen LogP contribution in [0.4, 0.5) is 4.39 Å². The van der Waals surface area contributed by atoms with Gasteiger partial charge in [-0.2, -0.15) is 0 Å². The largest absolute Gasteiger partial charge is 0.206 e. The van der Waals surface area contributed by atoms with Crippen LogP contribution in [0.15, 0.2) is 24.3 Å². The van der Waals surface area contributed by atoms with Gasteiger partial charge in [0.2, 0.25) is 0 Å². The maximum absolute atomic E-state index is 13.6. The summed E-state index contributed by atoms with van der Waals surface area (Å²) in [6.07, 6.45) is 6.25. The Morgan fingerprint density at radius 3 is 2.44 bits per heavy atom. The molecule has 0 nitrogen and oxygen atoms in total. The summed E-state index contributed by atoms with van der Waals surface area (Å²) < 4.78 is 13.6. The highest BCUT2D eigenvalue weighted by Crippen LogP contribution is 2.26.